The number of benzene rings is 1. The zero-order valence-corrected chi connectivity index (χ0v) is 15.0. The smallest absolute Gasteiger partial charge is 0.341 e. The minimum atomic E-state index is -3.87. The van der Waals surface area contributed by atoms with E-state index in [2.05, 4.69) is 0 Å². The molecule has 1 heterocycles. The highest BCUT2D eigenvalue weighted by molar-refractivity contribution is 7.84. The number of hydrogen-bond acceptors (Lipinski definition) is 5. The zero-order chi connectivity index (χ0) is 17.2. The van der Waals surface area contributed by atoms with E-state index in [1.54, 1.807) is 19.9 Å². The maximum absolute atomic E-state index is 12.5. The molecule has 6 nitrogen and oxygen atoms in total. The van der Waals surface area contributed by atoms with E-state index in [1.807, 2.05) is 18.2 Å². The van der Waals surface area contributed by atoms with Gasteiger partial charge < -0.3 is 9.47 Å². The highest BCUT2D eigenvalue weighted by Gasteiger charge is 2.45. The molecule has 1 aliphatic heterocycles. The van der Waals surface area contributed by atoms with Gasteiger partial charge in [-0.05, 0) is 18.9 Å². The molecule has 1 fully saturated rings. The molecule has 2 aliphatic rings. The summed E-state index contributed by atoms with van der Waals surface area (Å²) in [6.45, 7) is 4.28. The van der Waals surface area contributed by atoms with Gasteiger partial charge in [-0.1, -0.05) is 38.5 Å². The van der Waals surface area contributed by atoms with Crippen LogP contribution in [0.1, 0.15) is 57.8 Å². The summed E-state index contributed by atoms with van der Waals surface area (Å²) in [6.07, 6.45) is 3.65. The molecule has 0 bridgehead atoms. The summed E-state index contributed by atoms with van der Waals surface area (Å²) in [7, 11) is -3.87. The quantitative estimate of drug-likeness (QED) is 0.810. The lowest BCUT2D eigenvalue weighted by Crippen LogP contribution is -2.46. The van der Waals surface area contributed by atoms with Crippen molar-refractivity contribution in [2.45, 2.75) is 58.0 Å². The fourth-order valence-corrected chi connectivity index (χ4v) is 4.46. The molecule has 1 aromatic carbocycles. The molecule has 1 atom stereocenters. The molecule has 0 N–H and O–H groups in total. The highest BCUT2D eigenvalue weighted by atomic mass is 32.2. The summed E-state index contributed by atoms with van der Waals surface area (Å²) in [4.78, 5) is 0. The Hall–Kier alpha value is -1.15. The van der Waals surface area contributed by atoms with Crippen LogP contribution in [0.15, 0.2) is 24.3 Å². The van der Waals surface area contributed by atoms with Crippen LogP contribution in [0.4, 0.5) is 0 Å². The lowest BCUT2D eigenvalue weighted by molar-refractivity contribution is -0.287. The molecule has 0 aromatic heterocycles. The lowest BCUT2D eigenvalue weighted by Gasteiger charge is -2.43. The molecular weight excluding hydrogens is 330 g/mol. The van der Waals surface area contributed by atoms with E-state index in [0.29, 0.717) is 24.4 Å². The molecule has 0 unspecified atom stereocenters. The molecule has 134 valence electrons. The molecule has 1 aliphatic carbocycles. The average molecular weight is 355 g/mol. The van der Waals surface area contributed by atoms with Crippen LogP contribution in [-0.4, -0.2) is 31.6 Å². The summed E-state index contributed by atoms with van der Waals surface area (Å²) in [5.41, 5.74) is 0.615. The van der Waals surface area contributed by atoms with E-state index in [0.717, 1.165) is 32.1 Å². The first-order valence-electron chi connectivity index (χ1n) is 8.64. The normalized spacial score (nSPS) is 23.0. The summed E-state index contributed by atoms with van der Waals surface area (Å²) in [6, 6.07) is 7.32. The Morgan fingerprint density at radius 3 is 2.50 bits per heavy atom. The Balaban J connectivity index is 1.91. The predicted octanol–water partition coefficient (Wildman–Crippen LogP) is 3.36. The maximum Gasteiger partial charge on any atom is 0.341 e. The number of ether oxygens (including phenoxy) is 2. The third kappa shape index (κ3) is 3.44. The molecular formula is C17H25NO5S. The Morgan fingerprint density at radius 1 is 1.17 bits per heavy atom. The van der Waals surface area contributed by atoms with Gasteiger partial charge in [0.2, 0.25) is 12.1 Å². The minimum Gasteiger partial charge on any atom is -0.462 e. The molecule has 0 radical (unpaired) electrons. The first-order valence-corrected chi connectivity index (χ1v) is 10.0. The number of para-hydroxylation sites is 1. The maximum atomic E-state index is 12.5. The first-order chi connectivity index (χ1) is 11.5. The van der Waals surface area contributed by atoms with E-state index in [9.17, 15) is 8.42 Å². The van der Waals surface area contributed by atoms with Gasteiger partial charge in [0.05, 0.1) is 5.56 Å². The largest absolute Gasteiger partial charge is 0.462 e. The Labute approximate surface area is 144 Å². The second-order valence-electron chi connectivity index (χ2n) is 6.20. The van der Waals surface area contributed by atoms with E-state index < -0.39 is 22.4 Å². The fourth-order valence-electron chi connectivity index (χ4n) is 3.34. The molecule has 1 saturated carbocycles. The Morgan fingerprint density at radius 2 is 1.83 bits per heavy atom. The molecule has 1 spiro atoms. The standard InChI is InChI=1S/C17H25NO5S/c1-3-18(4-2)24(19,20)23-16-14-10-6-7-11-15(14)21-17(22-16)12-8-5-9-13-17/h6-7,10-11,16H,3-5,8-9,12-13H2,1-2H3/t16-/m0/s1. The van der Waals surface area contributed by atoms with Gasteiger partial charge in [-0.3, -0.25) is 0 Å². The second-order valence-corrected chi connectivity index (χ2v) is 7.76. The van der Waals surface area contributed by atoms with Crippen molar-refractivity contribution in [2.75, 3.05) is 13.1 Å². The molecule has 7 heteroatoms. The van der Waals surface area contributed by atoms with Crippen molar-refractivity contribution in [3.8, 4) is 5.75 Å². The molecule has 0 saturated heterocycles. The minimum absolute atomic E-state index is 0.356. The topological polar surface area (TPSA) is 65.1 Å². The number of hydrogen-bond donors (Lipinski definition) is 0. The molecule has 1 aromatic rings. The lowest BCUT2D eigenvalue weighted by atomic mass is 9.93. The van der Waals surface area contributed by atoms with Crippen LogP contribution >= 0.6 is 0 Å². The van der Waals surface area contributed by atoms with Gasteiger partial charge in [-0.15, -0.1) is 0 Å². The van der Waals surface area contributed by atoms with Crippen LogP contribution < -0.4 is 4.74 Å². The highest BCUT2D eigenvalue weighted by Crippen LogP contribution is 2.45. The molecule has 24 heavy (non-hydrogen) atoms. The summed E-state index contributed by atoms with van der Waals surface area (Å²) in [5.74, 6) is -0.138. The zero-order valence-electron chi connectivity index (χ0n) is 14.2. The van der Waals surface area contributed by atoms with Gasteiger partial charge in [0.1, 0.15) is 5.75 Å². The van der Waals surface area contributed by atoms with Gasteiger partial charge in [-0.25, -0.2) is 4.18 Å². The Kier molecular flexibility index (Phi) is 5.15. The Bertz CT molecular complexity index is 665. The first kappa shape index (κ1) is 17.7. The SMILES string of the molecule is CCN(CC)S(=O)(=O)O[C@@H]1OC2(CCCCC2)Oc2ccccc21. The van der Waals surface area contributed by atoms with E-state index in [1.165, 1.54) is 4.31 Å². The van der Waals surface area contributed by atoms with Crippen LogP contribution in [0.25, 0.3) is 0 Å². The van der Waals surface area contributed by atoms with Gasteiger partial charge in [-0.2, -0.15) is 12.7 Å². The molecule has 0 amide bonds. The average Bonchev–Trinajstić information content (AvgIpc) is 2.56. The van der Waals surface area contributed by atoms with Crippen LogP contribution in [0, 0.1) is 0 Å². The van der Waals surface area contributed by atoms with Crippen molar-refractivity contribution in [2.24, 2.45) is 0 Å². The third-order valence-corrected chi connectivity index (χ3v) is 6.20. The van der Waals surface area contributed by atoms with Crippen molar-refractivity contribution in [3.05, 3.63) is 29.8 Å². The van der Waals surface area contributed by atoms with Gasteiger partial charge in [0.25, 0.3) is 0 Å². The summed E-state index contributed by atoms with van der Waals surface area (Å²) >= 11 is 0. The van der Waals surface area contributed by atoms with E-state index in [4.69, 9.17) is 13.7 Å². The van der Waals surface area contributed by atoms with Crippen LogP contribution in [0.3, 0.4) is 0 Å². The number of nitrogens with zero attached hydrogens (tertiary/aromatic N) is 1. The van der Waals surface area contributed by atoms with Crippen molar-refractivity contribution < 1.29 is 22.1 Å². The van der Waals surface area contributed by atoms with Gasteiger partial charge >= 0.3 is 10.3 Å². The number of fused-ring (bicyclic) bond motifs is 1. The van der Waals surface area contributed by atoms with Crippen LogP contribution in [-0.2, 0) is 19.2 Å². The van der Waals surface area contributed by atoms with Crippen LogP contribution in [0.5, 0.6) is 5.75 Å². The second kappa shape index (κ2) is 7.00. The summed E-state index contributed by atoms with van der Waals surface area (Å²) < 4.78 is 44.0. The van der Waals surface area contributed by atoms with Crippen molar-refractivity contribution >= 4 is 10.3 Å². The monoisotopic (exact) mass is 355 g/mol. The molecule has 3 rings (SSSR count). The van der Waals surface area contributed by atoms with Gasteiger partial charge in [0.15, 0.2) is 0 Å². The summed E-state index contributed by atoms with van der Waals surface area (Å²) in [5, 5.41) is 0. The van der Waals surface area contributed by atoms with Gasteiger partial charge in [0, 0.05) is 25.9 Å². The van der Waals surface area contributed by atoms with E-state index >= 15 is 0 Å². The van der Waals surface area contributed by atoms with Crippen molar-refractivity contribution in [1.29, 1.82) is 0 Å². The van der Waals surface area contributed by atoms with Crippen molar-refractivity contribution in [3.63, 3.8) is 0 Å². The predicted molar refractivity (Wildman–Crippen MR) is 89.6 cm³/mol. The number of rotatable bonds is 5. The van der Waals surface area contributed by atoms with E-state index in [-0.39, 0.29) is 0 Å². The van der Waals surface area contributed by atoms with Crippen LogP contribution in [0.2, 0.25) is 0 Å². The fraction of sp³-hybridized carbons (Fsp3) is 0.647. The van der Waals surface area contributed by atoms with Crippen molar-refractivity contribution in [1.82, 2.24) is 4.31 Å². The third-order valence-electron chi connectivity index (χ3n) is 4.64.